The minimum atomic E-state index is -2.84. The maximum absolute atomic E-state index is 11.6. The zero-order valence-electron chi connectivity index (χ0n) is 12.0. The van der Waals surface area contributed by atoms with Crippen LogP contribution in [0.15, 0.2) is 24.4 Å². The van der Waals surface area contributed by atoms with Crippen LogP contribution in [0.5, 0.6) is 0 Å². The van der Waals surface area contributed by atoms with Gasteiger partial charge in [-0.3, -0.25) is 9.88 Å². The minimum Gasteiger partial charge on any atom is -0.312 e. The highest BCUT2D eigenvalue weighted by Gasteiger charge is 2.24. The van der Waals surface area contributed by atoms with E-state index in [1.165, 1.54) is 0 Å². The molecule has 1 unspecified atom stereocenters. The number of nitrogens with one attached hydrogen (secondary N) is 1. The molecule has 1 saturated heterocycles. The Labute approximate surface area is 121 Å². The predicted octanol–water partition coefficient (Wildman–Crippen LogP) is 0.680. The van der Waals surface area contributed by atoms with Crippen LogP contribution in [-0.2, 0) is 16.4 Å². The van der Waals surface area contributed by atoms with Crippen LogP contribution in [0.3, 0.4) is 0 Å². The van der Waals surface area contributed by atoms with E-state index in [9.17, 15) is 8.42 Å². The average Bonchev–Trinajstić information content (AvgIpc) is 2.43. The molecule has 0 bridgehead atoms. The summed E-state index contributed by atoms with van der Waals surface area (Å²) in [5.74, 6) is 0.545. The first-order chi connectivity index (χ1) is 9.59. The Balaban J connectivity index is 1.82. The molecule has 0 spiro atoms. The van der Waals surface area contributed by atoms with E-state index in [4.69, 9.17) is 0 Å². The van der Waals surface area contributed by atoms with Crippen LogP contribution in [0.25, 0.3) is 0 Å². The van der Waals surface area contributed by atoms with Gasteiger partial charge in [-0.25, -0.2) is 8.42 Å². The van der Waals surface area contributed by atoms with Gasteiger partial charge in [0.25, 0.3) is 0 Å². The van der Waals surface area contributed by atoms with Crippen LogP contribution in [-0.4, -0.2) is 55.5 Å². The molecule has 1 atom stereocenters. The lowest BCUT2D eigenvalue weighted by Gasteiger charge is -2.27. The summed E-state index contributed by atoms with van der Waals surface area (Å²) in [6.45, 7) is 5.35. The first-order valence-electron chi connectivity index (χ1n) is 7.15. The second kappa shape index (κ2) is 7.15. The van der Waals surface area contributed by atoms with Crippen molar-refractivity contribution in [3.05, 3.63) is 30.1 Å². The number of hydrogen-bond acceptors (Lipinski definition) is 5. The Morgan fingerprint density at radius 2 is 2.30 bits per heavy atom. The zero-order chi connectivity index (χ0) is 14.4. The van der Waals surface area contributed by atoms with Crippen LogP contribution in [0, 0.1) is 0 Å². The standard InChI is InChI=1S/C14H23N3O2S/c1-2-17(11-13-5-3-4-7-15-13)9-6-14-12-20(18,19)10-8-16-14/h3-5,7,14,16H,2,6,8-12H2,1H3. The molecular weight excluding hydrogens is 274 g/mol. The third-order valence-corrected chi connectivity index (χ3v) is 5.39. The molecule has 0 radical (unpaired) electrons. The Bertz CT molecular complexity index is 504. The highest BCUT2D eigenvalue weighted by Crippen LogP contribution is 2.08. The van der Waals surface area contributed by atoms with E-state index >= 15 is 0 Å². The van der Waals surface area contributed by atoms with Crippen LogP contribution >= 0.6 is 0 Å². The van der Waals surface area contributed by atoms with Gasteiger partial charge in [-0.05, 0) is 25.1 Å². The lowest BCUT2D eigenvalue weighted by atomic mass is 10.2. The molecule has 20 heavy (non-hydrogen) atoms. The van der Waals surface area contributed by atoms with Gasteiger partial charge in [0.05, 0.1) is 17.2 Å². The molecule has 1 aromatic heterocycles. The van der Waals surface area contributed by atoms with Crippen LogP contribution in [0.1, 0.15) is 19.0 Å². The summed E-state index contributed by atoms with van der Waals surface area (Å²) < 4.78 is 23.2. The largest absolute Gasteiger partial charge is 0.312 e. The third-order valence-electron chi connectivity index (χ3n) is 3.65. The monoisotopic (exact) mass is 297 g/mol. The third kappa shape index (κ3) is 4.85. The fourth-order valence-corrected chi connectivity index (χ4v) is 3.95. The van der Waals surface area contributed by atoms with Crippen molar-refractivity contribution in [2.24, 2.45) is 0 Å². The van der Waals surface area contributed by atoms with Gasteiger partial charge in [0.2, 0.25) is 0 Å². The molecule has 1 aromatic rings. The molecule has 0 aromatic carbocycles. The summed E-state index contributed by atoms with van der Waals surface area (Å²) in [6.07, 6.45) is 2.67. The molecule has 1 aliphatic heterocycles. The van der Waals surface area contributed by atoms with E-state index in [0.717, 1.165) is 31.7 Å². The van der Waals surface area contributed by atoms with Crippen LogP contribution in [0.2, 0.25) is 0 Å². The number of sulfone groups is 1. The lowest BCUT2D eigenvalue weighted by molar-refractivity contribution is 0.260. The van der Waals surface area contributed by atoms with Crippen LogP contribution in [0.4, 0.5) is 0 Å². The van der Waals surface area contributed by atoms with Crippen molar-refractivity contribution < 1.29 is 8.42 Å². The number of nitrogens with zero attached hydrogens (tertiary/aromatic N) is 2. The maximum atomic E-state index is 11.6. The lowest BCUT2D eigenvalue weighted by Crippen LogP contribution is -2.46. The summed E-state index contributed by atoms with van der Waals surface area (Å²) in [5.41, 5.74) is 1.05. The molecule has 5 nitrogen and oxygen atoms in total. The number of pyridine rings is 1. The van der Waals surface area contributed by atoms with E-state index < -0.39 is 9.84 Å². The van der Waals surface area contributed by atoms with Crippen molar-refractivity contribution in [2.75, 3.05) is 31.1 Å². The number of hydrogen-bond donors (Lipinski definition) is 1. The summed E-state index contributed by atoms with van der Waals surface area (Å²) in [7, 11) is -2.84. The smallest absolute Gasteiger partial charge is 0.153 e. The Morgan fingerprint density at radius 1 is 1.45 bits per heavy atom. The Morgan fingerprint density at radius 3 is 2.95 bits per heavy atom. The first-order valence-corrected chi connectivity index (χ1v) is 8.97. The predicted molar refractivity (Wildman–Crippen MR) is 80.2 cm³/mol. The second-order valence-electron chi connectivity index (χ2n) is 5.24. The summed E-state index contributed by atoms with van der Waals surface area (Å²) >= 11 is 0. The summed E-state index contributed by atoms with van der Waals surface area (Å²) in [4.78, 5) is 6.63. The molecule has 112 valence electrons. The summed E-state index contributed by atoms with van der Waals surface area (Å²) in [6, 6.07) is 6.01. The van der Waals surface area contributed by atoms with E-state index in [1.54, 1.807) is 6.20 Å². The normalized spacial score (nSPS) is 22.0. The number of aromatic nitrogens is 1. The zero-order valence-corrected chi connectivity index (χ0v) is 12.8. The molecule has 0 amide bonds. The topological polar surface area (TPSA) is 62.3 Å². The minimum absolute atomic E-state index is 0.0894. The maximum Gasteiger partial charge on any atom is 0.153 e. The fraction of sp³-hybridized carbons (Fsp3) is 0.643. The van der Waals surface area contributed by atoms with Crippen molar-refractivity contribution in [1.82, 2.24) is 15.2 Å². The van der Waals surface area contributed by atoms with E-state index in [-0.39, 0.29) is 17.5 Å². The number of rotatable bonds is 6. The highest BCUT2D eigenvalue weighted by molar-refractivity contribution is 7.91. The second-order valence-corrected chi connectivity index (χ2v) is 7.47. The van der Waals surface area contributed by atoms with Crippen molar-refractivity contribution >= 4 is 9.84 Å². The van der Waals surface area contributed by atoms with Gasteiger partial charge in [0.1, 0.15) is 0 Å². The van der Waals surface area contributed by atoms with Crippen molar-refractivity contribution in [3.63, 3.8) is 0 Å². The molecule has 6 heteroatoms. The van der Waals surface area contributed by atoms with E-state index in [1.807, 2.05) is 18.2 Å². The summed E-state index contributed by atoms with van der Waals surface area (Å²) in [5, 5.41) is 3.30. The molecule has 0 saturated carbocycles. The van der Waals surface area contributed by atoms with Crippen molar-refractivity contribution in [2.45, 2.75) is 25.9 Å². The molecule has 2 heterocycles. The van der Waals surface area contributed by atoms with E-state index in [0.29, 0.717) is 6.54 Å². The van der Waals surface area contributed by atoms with E-state index in [2.05, 4.69) is 22.1 Å². The quantitative estimate of drug-likeness (QED) is 0.836. The van der Waals surface area contributed by atoms with Gasteiger partial charge in [-0.15, -0.1) is 0 Å². The molecule has 2 rings (SSSR count). The Hall–Kier alpha value is -0.980. The van der Waals surface area contributed by atoms with Gasteiger partial charge in [-0.2, -0.15) is 0 Å². The molecule has 1 fully saturated rings. The SMILES string of the molecule is CCN(CCC1CS(=O)(=O)CCN1)Cc1ccccn1. The highest BCUT2D eigenvalue weighted by atomic mass is 32.2. The van der Waals surface area contributed by atoms with Gasteiger partial charge in [0, 0.05) is 31.9 Å². The fourth-order valence-electron chi connectivity index (χ4n) is 2.46. The molecule has 0 aliphatic carbocycles. The van der Waals surface area contributed by atoms with Crippen LogP contribution < -0.4 is 5.32 Å². The van der Waals surface area contributed by atoms with Gasteiger partial charge in [-0.1, -0.05) is 13.0 Å². The van der Waals surface area contributed by atoms with Crippen molar-refractivity contribution in [1.29, 1.82) is 0 Å². The molecule has 1 aliphatic rings. The van der Waals surface area contributed by atoms with Gasteiger partial charge in [0.15, 0.2) is 9.84 Å². The van der Waals surface area contributed by atoms with Crippen molar-refractivity contribution in [3.8, 4) is 0 Å². The van der Waals surface area contributed by atoms with Gasteiger partial charge >= 0.3 is 0 Å². The molecular formula is C14H23N3O2S. The first kappa shape index (κ1) is 15.4. The molecule has 1 N–H and O–H groups in total. The average molecular weight is 297 g/mol. The van der Waals surface area contributed by atoms with Gasteiger partial charge < -0.3 is 5.32 Å². The Kier molecular flexibility index (Phi) is 5.51.